The van der Waals surface area contributed by atoms with E-state index in [4.69, 9.17) is 0 Å². The summed E-state index contributed by atoms with van der Waals surface area (Å²) in [4.78, 5) is 20.1. The van der Waals surface area contributed by atoms with Gasteiger partial charge in [0.1, 0.15) is 10.7 Å². The molecule has 3 atom stereocenters. The smallest absolute Gasteiger partial charge is 0.273 e. The number of rotatable bonds is 5. The SMILES string of the molecule is CC(C)N(C(=O)c1csc(-c2cnn(-c3ccccc3)c2)n1)C1C[C@H]2C[C@@H]1CN2. The number of piperidine rings is 1. The lowest BCUT2D eigenvalue weighted by Gasteiger charge is -2.37. The van der Waals surface area contributed by atoms with Crippen LogP contribution in [-0.4, -0.2) is 50.2 Å². The number of benzene rings is 1. The van der Waals surface area contributed by atoms with Crippen LogP contribution in [0.1, 0.15) is 37.2 Å². The number of amides is 1. The topological polar surface area (TPSA) is 63.1 Å². The molecule has 3 heterocycles. The van der Waals surface area contributed by atoms with Crippen LogP contribution in [-0.2, 0) is 0 Å². The van der Waals surface area contributed by atoms with Gasteiger partial charge in [0.05, 0.1) is 11.9 Å². The van der Waals surface area contributed by atoms with Crippen LogP contribution in [0.2, 0.25) is 0 Å². The van der Waals surface area contributed by atoms with Crippen molar-refractivity contribution in [1.29, 1.82) is 0 Å². The van der Waals surface area contributed by atoms with Gasteiger partial charge >= 0.3 is 0 Å². The largest absolute Gasteiger partial charge is 0.331 e. The van der Waals surface area contributed by atoms with Crippen molar-refractivity contribution < 1.29 is 4.79 Å². The molecule has 2 aromatic heterocycles. The maximum absolute atomic E-state index is 13.3. The first-order valence-electron chi connectivity index (χ1n) is 10.2. The highest BCUT2D eigenvalue weighted by molar-refractivity contribution is 7.13. The van der Waals surface area contributed by atoms with Crippen LogP contribution in [0.15, 0.2) is 48.1 Å². The van der Waals surface area contributed by atoms with Crippen molar-refractivity contribution in [2.45, 2.75) is 44.8 Å². The van der Waals surface area contributed by atoms with Crippen molar-refractivity contribution in [2.75, 3.05) is 6.54 Å². The Kier molecular flexibility index (Phi) is 4.72. The number of thiazole rings is 1. The summed E-state index contributed by atoms with van der Waals surface area (Å²) in [5.74, 6) is 0.615. The van der Waals surface area contributed by atoms with E-state index in [1.54, 1.807) is 0 Å². The van der Waals surface area contributed by atoms with Gasteiger partial charge in [0, 0.05) is 41.8 Å². The van der Waals surface area contributed by atoms with Crippen LogP contribution in [0.4, 0.5) is 0 Å². The molecule has 1 N–H and O–H groups in total. The van der Waals surface area contributed by atoms with E-state index in [0.29, 0.717) is 23.7 Å². The first kappa shape index (κ1) is 18.5. The number of aromatic nitrogens is 3. The van der Waals surface area contributed by atoms with Gasteiger partial charge in [0.15, 0.2) is 0 Å². The normalized spacial score (nSPS) is 23.1. The van der Waals surface area contributed by atoms with Crippen LogP contribution >= 0.6 is 11.3 Å². The molecule has 0 radical (unpaired) electrons. The van der Waals surface area contributed by atoms with Gasteiger partial charge in [-0.2, -0.15) is 5.10 Å². The maximum Gasteiger partial charge on any atom is 0.273 e. The average molecular weight is 408 g/mol. The van der Waals surface area contributed by atoms with Gasteiger partial charge in [0.25, 0.3) is 5.91 Å². The Morgan fingerprint density at radius 1 is 1.28 bits per heavy atom. The van der Waals surface area contributed by atoms with Gasteiger partial charge in [0.2, 0.25) is 0 Å². The summed E-state index contributed by atoms with van der Waals surface area (Å²) in [5.41, 5.74) is 2.47. The average Bonchev–Trinajstić information content (AvgIpc) is 3.52. The van der Waals surface area contributed by atoms with E-state index in [0.717, 1.165) is 29.2 Å². The standard InChI is InChI=1S/C22H25N5OS/c1-14(2)27(20-9-17-8-15(20)10-23-17)22(28)19-13-29-21(25-19)16-11-24-26(12-16)18-6-4-3-5-7-18/h3-7,11-15,17,20,23H,8-10H2,1-2H3/t15-,17-,20?/m1/s1. The summed E-state index contributed by atoms with van der Waals surface area (Å²) in [6, 6.07) is 11.0. The number of hydrogen-bond donors (Lipinski definition) is 1. The van der Waals surface area contributed by atoms with E-state index < -0.39 is 0 Å². The molecule has 7 heteroatoms. The number of carbonyl (C=O) groups is 1. The molecule has 29 heavy (non-hydrogen) atoms. The molecule has 5 rings (SSSR count). The molecule has 1 aliphatic carbocycles. The minimum absolute atomic E-state index is 0.0514. The third kappa shape index (κ3) is 3.38. The van der Waals surface area contributed by atoms with E-state index in [-0.39, 0.29) is 11.9 Å². The van der Waals surface area contributed by atoms with Gasteiger partial charge in [-0.3, -0.25) is 4.79 Å². The first-order chi connectivity index (χ1) is 14.1. The zero-order valence-corrected chi connectivity index (χ0v) is 17.5. The van der Waals surface area contributed by atoms with Crippen molar-refractivity contribution in [3.63, 3.8) is 0 Å². The quantitative estimate of drug-likeness (QED) is 0.702. The number of para-hydroxylation sites is 1. The number of nitrogens with one attached hydrogen (secondary N) is 1. The third-order valence-corrected chi connectivity index (χ3v) is 6.94. The van der Waals surface area contributed by atoms with E-state index in [1.807, 2.05) is 52.8 Å². The van der Waals surface area contributed by atoms with Gasteiger partial charge < -0.3 is 10.2 Å². The molecule has 1 amide bonds. The van der Waals surface area contributed by atoms with Gasteiger partial charge in [-0.25, -0.2) is 9.67 Å². The summed E-state index contributed by atoms with van der Waals surface area (Å²) in [7, 11) is 0. The molecule has 1 aliphatic heterocycles. The van der Waals surface area contributed by atoms with Crippen molar-refractivity contribution in [1.82, 2.24) is 25.0 Å². The molecule has 1 saturated carbocycles. The predicted molar refractivity (Wildman–Crippen MR) is 114 cm³/mol. The second kappa shape index (κ2) is 7.39. The minimum atomic E-state index is 0.0514. The summed E-state index contributed by atoms with van der Waals surface area (Å²) in [6.45, 7) is 5.23. The van der Waals surface area contributed by atoms with Crippen LogP contribution in [0, 0.1) is 5.92 Å². The van der Waals surface area contributed by atoms with E-state index in [9.17, 15) is 4.79 Å². The highest BCUT2D eigenvalue weighted by atomic mass is 32.1. The molecule has 1 aromatic carbocycles. The monoisotopic (exact) mass is 407 g/mol. The summed E-state index contributed by atoms with van der Waals surface area (Å²) in [6.07, 6.45) is 6.00. The lowest BCUT2D eigenvalue weighted by atomic mass is 10.00. The van der Waals surface area contributed by atoms with Crippen molar-refractivity contribution in [3.8, 4) is 16.3 Å². The van der Waals surface area contributed by atoms with Gasteiger partial charge in [-0.1, -0.05) is 18.2 Å². The highest BCUT2D eigenvalue weighted by Gasteiger charge is 2.44. The number of hydrogen-bond acceptors (Lipinski definition) is 5. The zero-order chi connectivity index (χ0) is 20.0. The first-order valence-corrected chi connectivity index (χ1v) is 11.1. The summed E-state index contributed by atoms with van der Waals surface area (Å²) < 4.78 is 1.83. The van der Waals surface area contributed by atoms with E-state index in [1.165, 1.54) is 17.8 Å². The molecule has 2 fully saturated rings. The van der Waals surface area contributed by atoms with Gasteiger partial charge in [-0.05, 0) is 44.7 Å². The van der Waals surface area contributed by atoms with Crippen LogP contribution in [0.3, 0.4) is 0 Å². The third-order valence-electron chi connectivity index (χ3n) is 6.05. The highest BCUT2D eigenvalue weighted by Crippen LogP contribution is 2.36. The summed E-state index contributed by atoms with van der Waals surface area (Å²) >= 11 is 1.50. The maximum atomic E-state index is 13.3. The number of nitrogens with zero attached hydrogens (tertiary/aromatic N) is 4. The lowest BCUT2D eigenvalue weighted by Crippen LogP contribution is -2.50. The summed E-state index contributed by atoms with van der Waals surface area (Å²) in [5, 5.41) is 10.7. The Hall–Kier alpha value is -2.51. The second-order valence-electron chi connectivity index (χ2n) is 8.26. The zero-order valence-electron chi connectivity index (χ0n) is 16.7. The molecular weight excluding hydrogens is 382 g/mol. The molecule has 2 aliphatic rings. The van der Waals surface area contributed by atoms with Crippen LogP contribution in [0.5, 0.6) is 0 Å². The van der Waals surface area contributed by atoms with Crippen LogP contribution < -0.4 is 5.32 Å². The molecular formula is C22H25N5OS. The predicted octanol–water partition coefficient (Wildman–Crippen LogP) is 3.60. The Balaban J connectivity index is 1.38. The Morgan fingerprint density at radius 2 is 2.10 bits per heavy atom. The lowest BCUT2D eigenvalue weighted by molar-refractivity contribution is 0.0533. The van der Waals surface area contributed by atoms with Gasteiger partial charge in [-0.15, -0.1) is 11.3 Å². The molecule has 1 unspecified atom stereocenters. The molecule has 2 bridgehead atoms. The number of carbonyl (C=O) groups excluding carboxylic acids is 1. The van der Waals surface area contributed by atoms with Crippen molar-refractivity contribution >= 4 is 17.2 Å². The fourth-order valence-corrected chi connectivity index (χ4v) is 5.48. The molecule has 6 nitrogen and oxygen atoms in total. The van der Waals surface area contributed by atoms with Crippen molar-refractivity contribution in [3.05, 3.63) is 53.8 Å². The fourth-order valence-electron chi connectivity index (χ4n) is 4.71. The Labute approximate surface area is 174 Å². The van der Waals surface area contributed by atoms with Crippen molar-refractivity contribution in [2.24, 2.45) is 5.92 Å². The van der Waals surface area contributed by atoms with E-state index in [2.05, 4.69) is 34.1 Å². The molecule has 150 valence electrons. The van der Waals surface area contributed by atoms with Crippen LogP contribution in [0.25, 0.3) is 16.3 Å². The fraction of sp³-hybridized carbons (Fsp3) is 0.409. The minimum Gasteiger partial charge on any atom is -0.331 e. The molecule has 0 spiro atoms. The molecule has 1 saturated heterocycles. The Morgan fingerprint density at radius 3 is 2.79 bits per heavy atom. The number of fused-ring (bicyclic) bond motifs is 2. The second-order valence-corrected chi connectivity index (χ2v) is 9.12. The Bertz CT molecular complexity index is 1010. The molecule has 3 aromatic rings. The van der Waals surface area contributed by atoms with E-state index >= 15 is 0 Å².